The normalized spacial score (nSPS) is 16.7. The summed E-state index contributed by atoms with van der Waals surface area (Å²) in [4.78, 5) is 15.3. The van der Waals surface area contributed by atoms with Crippen molar-refractivity contribution in [3.63, 3.8) is 0 Å². The Labute approximate surface area is 157 Å². The quantitative estimate of drug-likeness (QED) is 0.792. The van der Waals surface area contributed by atoms with Gasteiger partial charge in [0.15, 0.2) is 6.10 Å². The Kier molecular flexibility index (Phi) is 4.97. The lowest BCUT2D eigenvalue weighted by Crippen LogP contribution is -2.25. The van der Waals surface area contributed by atoms with Crippen LogP contribution in [0.1, 0.15) is 45.4 Å². The van der Waals surface area contributed by atoms with Crippen molar-refractivity contribution in [2.75, 3.05) is 6.61 Å². The molecule has 1 aliphatic rings. The number of rotatable bonds is 5. The van der Waals surface area contributed by atoms with Crippen molar-refractivity contribution in [1.82, 2.24) is 9.55 Å². The molecule has 0 amide bonds. The molecule has 7 heteroatoms. The largest absolute Gasteiger partial charge is 0.490 e. The van der Waals surface area contributed by atoms with Gasteiger partial charge in [-0.15, -0.1) is 0 Å². The first-order valence-electron chi connectivity index (χ1n) is 9.00. The number of aromatic nitrogens is 2. The van der Waals surface area contributed by atoms with Crippen LogP contribution < -0.4 is 15.0 Å². The van der Waals surface area contributed by atoms with Gasteiger partial charge in [-0.05, 0) is 23.1 Å². The first kappa shape index (κ1) is 19.3. The Morgan fingerprint density at radius 2 is 1.93 bits per heavy atom. The average molecular weight is 378 g/mol. The number of nitrogens with zero attached hydrogens (tertiary/aromatic N) is 2. The number of benzene rings is 1. The van der Waals surface area contributed by atoms with E-state index in [1.807, 2.05) is 24.3 Å². The first-order valence-corrected chi connectivity index (χ1v) is 9.00. The lowest BCUT2D eigenvalue weighted by Gasteiger charge is -2.19. The second-order valence-electron chi connectivity index (χ2n) is 7.76. The molecule has 0 unspecified atom stereocenters. The van der Waals surface area contributed by atoms with Gasteiger partial charge in [-0.3, -0.25) is 9.36 Å². The van der Waals surface area contributed by atoms with Gasteiger partial charge in [0.25, 0.3) is 11.5 Å². The lowest BCUT2D eigenvalue weighted by atomic mass is 9.87. The second kappa shape index (κ2) is 6.94. The van der Waals surface area contributed by atoms with E-state index in [1.165, 1.54) is 17.1 Å². The molecule has 1 aromatic carbocycles. The highest BCUT2D eigenvalue weighted by Crippen LogP contribution is 2.34. The molecule has 0 saturated heterocycles. The molecule has 1 aromatic heterocycles. The van der Waals surface area contributed by atoms with Gasteiger partial charge in [0.05, 0.1) is 12.2 Å². The molecule has 0 saturated carbocycles. The maximum atomic E-state index is 14.2. The summed E-state index contributed by atoms with van der Waals surface area (Å²) < 4.78 is 40.9. The number of hydrogen-bond donors (Lipinski definition) is 0. The number of fused-ring (bicyclic) bond motifs is 1. The molecule has 5 nitrogen and oxygen atoms in total. The van der Waals surface area contributed by atoms with Gasteiger partial charge in [-0.2, -0.15) is 13.8 Å². The maximum absolute atomic E-state index is 14.2. The molecule has 0 radical (unpaired) electrons. The van der Waals surface area contributed by atoms with Crippen molar-refractivity contribution in [3.8, 4) is 11.8 Å². The van der Waals surface area contributed by atoms with Crippen molar-refractivity contribution in [2.45, 2.75) is 58.1 Å². The molecule has 0 aliphatic carbocycles. The highest BCUT2D eigenvalue weighted by Gasteiger charge is 2.37. The summed E-state index contributed by atoms with van der Waals surface area (Å²) in [5.41, 5.74) is 0.142. The third kappa shape index (κ3) is 4.12. The third-order valence-corrected chi connectivity index (χ3v) is 4.62. The number of alkyl halides is 2. The summed E-state index contributed by atoms with van der Waals surface area (Å²) in [7, 11) is 0. The van der Waals surface area contributed by atoms with E-state index in [2.05, 4.69) is 25.8 Å². The maximum Gasteiger partial charge on any atom is 0.300 e. The van der Waals surface area contributed by atoms with Crippen LogP contribution in [0.25, 0.3) is 0 Å². The average Bonchev–Trinajstić information content (AvgIpc) is 3.01. The zero-order valence-electron chi connectivity index (χ0n) is 16.0. The van der Waals surface area contributed by atoms with E-state index in [0.29, 0.717) is 5.75 Å². The van der Waals surface area contributed by atoms with E-state index in [1.54, 1.807) is 0 Å². The summed E-state index contributed by atoms with van der Waals surface area (Å²) in [6, 6.07) is 8.55. The van der Waals surface area contributed by atoms with Crippen LogP contribution >= 0.6 is 0 Å². The topological polar surface area (TPSA) is 53.4 Å². The molecule has 0 bridgehead atoms. The minimum atomic E-state index is -3.11. The molecular formula is C20H24F2N2O3. The molecule has 1 atom stereocenters. The van der Waals surface area contributed by atoms with Crippen molar-refractivity contribution >= 4 is 0 Å². The van der Waals surface area contributed by atoms with Crippen molar-refractivity contribution in [2.24, 2.45) is 0 Å². The standard InChI is InChI=1S/C20H24F2N2O3/c1-5-20(21,22)16-10-17(25)23-18-24(16)11-15(27-18)12-26-14-8-6-13(7-9-14)19(2,3)4/h6-10,15H,5,11-12H2,1-4H3/t15-/m0/s1. The second-order valence-corrected chi connectivity index (χ2v) is 7.76. The molecule has 3 rings (SSSR count). The molecule has 1 aliphatic heterocycles. The molecule has 0 N–H and O–H groups in total. The predicted octanol–water partition coefficient (Wildman–Crippen LogP) is 3.88. The van der Waals surface area contributed by atoms with E-state index in [9.17, 15) is 13.6 Å². The first-order chi connectivity index (χ1) is 12.6. The Hall–Kier alpha value is -2.44. The van der Waals surface area contributed by atoms with Gasteiger partial charge in [-0.1, -0.05) is 39.8 Å². The fourth-order valence-electron chi connectivity index (χ4n) is 2.95. The van der Waals surface area contributed by atoms with Crippen LogP contribution in [0.5, 0.6) is 11.8 Å². The van der Waals surface area contributed by atoms with E-state index < -0.39 is 24.0 Å². The fraction of sp³-hybridized carbons (Fsp3) is 0.500. The van der Waals surface area contributed by atoms with Crippen LogP contribution in [0.15, 0.2) is 35.1 Å². The molecule has 0 spiro atoms. The van der Waals surface area contributed by atoms with Crippen LogP contribution in [0.3, 0.4) is 0 Å². The van der Waals surface area contributed by atoms with E-state index in [0.717, 1.165) is 6.07 Å². The summed E-state index contributed by atoms with van der Waals surface area (Å²) in [5, 5.41) is 0. The molecule has 2 heterocycles. The van der Waals surface area contributed by atoms with Crippen LogP contribution in [0, 0.1) is 0 Å². The van der Waals surface area contributed by atoms with Crippen LogP contribution in [-0.2, 0) is 17.9 Å². The summed E-state index contributed by atoms with van der Waals surface area (Å²) in [6.45, 7) is 8.09. The smallest absolute Gasteiger partial charge is 0.300 e. The zero-order valence-corrected chi connectivity index (χ0v) is 16.0. The lowest BCUT2D eigenvalue weighted by molar-refractivity contribution is -0.0169. The van der Waals surface area contributed by atoms with Gasteiger partial charge < -0.3 is 9.47 Å². The summed E-state index contributed by atoms with van der Waals surface area (Å²) >= 11 is 0. The van der Waals surface area contributed by atoms with Crippen LogP contribution in [-0.4, -0.2) is 22.3 Å². The van der Waals surface area contributed by atoms with E-state index >= 15 is 0 Å². The van der Waals surface area contributed by atoms with E-state index in [4.69, 9.17) is 9.47 Å². The molecule has 2 aromatic rings. The summed E-state index contributed by atoms with van der Waals surface area (Å²) in [6.07, 6.45) is -0.898. The molecule has 146 valence electrons. The van der Waals surface area contributed by atoms with Gasteiger partial charge >= 0.3 is 6.01 Å². The summed E-state index contributed by atoms with van der Waals surface area (Å²) in [5.74, 6) is -2.44. The predicted molar refractivity (Wildman–Crippen MR) is 97.7 cm³/mol. The van der Waals surface area contributed by atoms with Gasteiger partial charge in [-0.25, -0.2) is 0 Å². The molecule has 0 fully saturated rings. The number of ether oxygens (including phenoxy) is 2. The number of hydrogen-bond acceptors (Lipinski definition) is 4. The molecular weight excluding hydrogens is 354 g/mol. The Morgan fingerprint density at radius 3 is 2.52 bits per heavy atom. The zero-order chi connectivity index (χ0) is 19.8. The Morgan fingerprint density at radius 1 is 1.26 bits per heavy atom. The van der Waals surface area contributed by atoms with Gasteiger partial charge in [0, 0.05) is 12.5 Å². The van der Waals surface area contributed by atoms with Crippen LogP contribution in [0.4, 0.5) is 8.78 Å². The minimum absolute atomic E-state index is 0.0496. The fourth-order valence-corrected chi connectivity index (χ4v) is 2.95. The van der Waals surface area contributed by atoms with Crippen LogP contribution in [0.2, 0.25) is 0 Å². The van der Waals surface area contributed by atoms with Gasteiger partial charge in [0.2, 0.25) is 0 Å². The van der Waals surface area contributed by atoms with E-state index in [-0.39, 0.29) is 30.3 Å². The Balaban J connectivity index is 1.70. The van der Waals surface area contributed by atoms with Crippen molar-refractivity contribution < 1.29 is 18.3 Å². The SMILES string of the molecule is CCC(F)(F)c1cc(=O)nc2n1C[C@@H](COc1ccc(C(C)(C)C)cc1)O2. The Bertz CT molecular complexity index is 870. The minimum Gasteiger partial charge on any atom is -0.490 e. The monoisotopic (exact) mass is 378 g/mol. The highest BCUT2D eigenvalue weighted by molar-refractivity contribution is 5.31. The van der Waals surface area contributed by atoms with Crippen molar-refractivity contribution in [3.05, 3.63) is 51.9 Å². The van der Waals surface area contributed by atoms with Crippen molar-refractivity contribution in [1.29, 1.82) is 0 Å². The third-order valence-electron chi connectivity index (χ3n) is 4.62. The van der Waals surface area contributed by atoms with Gasteiger partial charge in [0.1, 0.15) is 12.4 Å². The molecule has 27 heavy (non-hydrogen) atoms. The number of halogens is 2. The highest BCUT2D eigenvalue weighted by atomic mass is 19.3.